The molecule has 1 heterocycles. The maximum absolute atomic E-state index is 13.3. The molecule has 1 aromatic heterocycles. The van der Waals surface area contributed by atoms with E-state index < -0.39 is 46.7 Å². The van der Waals surface area contributed by atoms with Crippen LogP contribution in [0, 0.1) is 17.8 Å². The summed E-state index contributed by atoms with van der Waals surface area (Å²) in [4.78, 5) is 39.7. The number of aliphatic hydroxyl groups is 2. The Hall–Kier alpha value is -3.07. The van der Waals surface area contributed by atoms with E-state index in [-0.39, 0.29) is 22.9 Å². The number of aromatic nitrogens is 2. The SMILES string of the molecule is CN(C)[C@@H]1C(O)=C(C(N)=O)C(=O)C2C(=O)C3=C(O)c4nnccc4CC3CC21. The number of aliphatic hydroxyl groups excluding tert-OH is 2. The molecule has 1 amide bonds. The predicted molar refractivity (Wildman–Crippen MR) is 96.7 cm³/mol. The first-order chi connectivity index (χ1) is 13.2. The lowest BCUT2D eigenvalue weighted by atomic mass is 9.60. The van der Waals surface area contributed by atoms with Crippen molar-refractivity contribution in [1.82, 2.24) is 15.1 Å². The van der Waals surface area contributed by atoms with Gasteiger partial charge in [0.25, 0.3) is 5.91 Å². The molecule has 9 nitrogen and oxygen atoms in total. The van der Waals surface area contributed by atoms with Crippen LogP contribution in [0.2, 0.25) is 0 Å². The van der Waals surface area contributed by atoms with Crippen molar-refractivity contribution in [3.8, 4) is 0 Å². The van der Waals surface area contributed by atoms with Crippen LogP contribution in [-0.2, 0) is 20.8 Å². The third-order valence-electron chi connectivity index (χ3n) is 5.96. The fraction of sp³-hybridized carbons (Fsp3) is 0.421. The molecule has 4 N–H and O–H groups in total. The van der Waals surface area contributed by atoms with Crippen LogP contribution in [0.1, 0.15) is 17.7 Å². The van der Waals surface area contributed by atoms with Crippen molar-refractivity contribution in [2.24, 2.45) is 23.5 Å². The Balaban J connectivity index is 1.88. The zero-order valence-corrected chi connectivity index (χ0v) is 15.4. The van der Waals surface area contributed by atoms with Crippen LogP contribution in [0.4, 0.5) is 0 Å². The van der Waals surface area contributed by atoms with E-state index in [1.165, 1.54) is 6.20 Å². The molecule has 4 rings (SSSR count). The van der Waals surface area contributed by atoms with Crippen molar-refractivity contribution in [2.45, 2.75) is 18.9 Å². The summed E-state index contributed by atoms with van der Waals surface area (Å²) in [5.41, 5.74) is 5.93. The number of rotatable bonds is 2. The number of hydrogen-bond donors (Lipinski definition) is 3. The van der Waals surface area contributed by atoms with Crippen LogP contribution in [0.3, 0.4) is 0 Å². The van der Waals surface area contributed by atoms with Crippen LogP contribution in [0.15, 0.2) is 29.2 Å². The second kappa shape index (κ2) is 6.23. The summed E-state index contributed by atoms with van der Waals surface area (Å²) >= 11 is 0. The van der Waals surface area contributed by atoms with Gasteiger partial charge in [0.1, 0.15) is 22.8 Å². The van der Waals surface area contributed by atoms with Gasteiger partial charge in [0.2, 0.25) is 0 Å². The van der Waals surface area contributed by atoms with Gasteiger partial charge < -0.3 is 15.9 Å². The van der Waals surface area contributed by atoms with Gasteiger partial charge in [-0.25, -0.2) is 0 Å². The van der Waals surface area contributed by atoms with Crippen molar-refractivity contribution < 1.29 is 24.6 Å². The zero-order valence-electron chi connectivity index (χ0n) is 15.4. The Labute approximate surface area is 160 Å². The van der Waals surface area contributed by atoms with E-state index in [1.807, 2.05) is 0 Å². The number of nitrogens with two attached hydrogens (primary N) is 1. The minimum absolute atomic E-state index is 0.144. The van der Waals surface area contributed by atoms with Crippen LogP contribution in [-0.4, -0.2) is 62.9 Å². The lowest BCUT2D eigenvalue weighted by molar-refractivity contribution is -0.136. The second-order valence-corrected chi connectivity index (χ2v) is 7.71. The standard InChI is InChI=1S/C19H20N4O5/c1-23(2)14-9-6-8-5-7-3-4-21-22-13(7)17(26)10(8)15(24)11(9)16(25)12(18(14)27)19(20)28/h3-4,8-9,11,14,26-27H,5-6H2,1-2H3,(H2,20,28)/t8?,9?,11?,14-/m0/s1. The summed E-state index contributed by atoms with van der Waals surface area (Å²) in [6.07, 6.45) is 2.38. The maximum atomic E-state index is 13.3. The van der Waals surface area contributed by atoms with Gasteiger partial charge in [-0.3, -0.25) is 19.3 Å². The summed E-state index contributed by atoms with van der Waals surface area (Å²) in [6.45, 7) is 0. The van der Waals surface area contributed by atoms with Gasteiger partial charge in [-0.05, 0) is 50.4 Å². The number of allylic oxidation sites excluding steroid dienone is 1. The van der Waals surface area contributed by atoms with Crippen LogP contribution in [0.25, 0.3) is 5.76 Å². The minimum atomic E-state index is -1.18. The molecular weight excluding hydrogens is 364 g/mol. The maximum Gasteiger partial charge on any atom is 0.255 e. The fourth-order valence-electron chi connectivity index (χ4n) is 4.89. The summed E-state index contributed by atoms with van der Waals surface area (Å²) in [5.74, 6) is -5.09. The Bertz CT molecular complexity index is 980. The highest BCUT2D eigenvalue weighted by Gasteiger charge is 2.55. The van der Waals surface area contributed by atoms with E-state index in [2.05, 4.69) is 10.2 Å². The molecule has 0 radical (unpaired) electrons. The molecular formula is C19H20N4O5. The molecule has 1 fully saturated rings. The van der Waals surface area contributed by atoms with Crippen LogP contribution < -0.4 is 5.73 Å². The number of carbonyl (C=O) groups is 3. The lowest BCUT2D eigenvalue weighted by Gasteiger charge is -2.45. The van der Waals surface area contributed by atoms with E-state index in [0.29, 0.717) is 12.8 Å². The quantitative estimate of drug-likeness (QED) is 0.474. The molecule has 0 spiro atoms. The Kier molecular flexibility index (Phi) is 4.07. The number of ketones is 2. The van der Waals surface area contributed by atoms with Gasteiger partial charge in [0.15, 0.2) is 11.6 Å². The minimum Gasteiger partial charge on any atom is -0.510 e. The molecule has 9 heteroatoms. The highest BCUT2D eigenvalue weighted by molar-refractivity contribution is 6.28. The number of Topliss-reactive ketones (excluding diaryl/α,β-unsaturated/α-hetero) is 2. The van der Waals surface area contributed by atoms with E-state index in [9.17, 15) is 24.6 Å². The fourth-order valence-corrected chi connectivity index (χ4v) is 4.89. The molecule has 146 valence electrons. The first-order valence-corrected chi connectivity index (χ1v) is 8.95. The third-order valence-corrected chi connectivity index (χ3v) is 5.96. The number of primary amides is 1. The summed E-state index contributed by atoms with van der Waals surface area (Å²) < 4.78 is 0. The molecule has 0 saturated heterocycles. The van der Waals surface area contributed by atoms with E-state index in [4.69, 9.17) is 5.73 Å². The Morgan fingerprint density at radius 2 is 1.96 bits per heavy atom. The molecule has 0 aromatic carbocycles. The van der Waals surface area contributed by atoms with Gasteiger partial charge in [-0.1, -0.05) is 0 Å². The number of nitrogens with zero attached hydrogens (tertiary/aromatic N) is 3. The van der Waals surface area contributed by atoms with Gasteiger partial charge in [-0.2, -0.15) is 5.10 Å². The number of hydrogen-bond acceptors (Lipinski definition) is 8. The number of amides is 1. The van der Waals surface area contributed by atoms with Gasteiger partial charge in [-0.15, -0.1) is 5.10 Å². The predicted octanol–water partition coefficient (Wildman–Crippen LogP) is -0.0665. The van der Waals surface area contributed by atoms with Gasteiger partial charge >= 0.3 is 0 Å². The third kappa shape index (κ3) is 2.39. The van der Waals surface area contributed by atoms with Gasteiger partial charge in [0.05, 0.1) is 12.0 Å². The van der Waals surface area contributed by atoms with Crippen LogP contribution >= 0.6 is 0 Å². The highest BCUT2D eigenvalue weighted by Crippen LogP contribution is 2.48. The van der Waals surface area contributed by atoms with E-state index in [1.54, 1.807) is 25.1 Å². The molecule has 0 bridgehead atoms. The summed E-state index contributed by atoms with van der Waals surface area (Å²) in [7, 11) is 3.40. The molecule has 4 atom stereocenters. The molecule has 3 aliphatic carbocycles. The molecule has 3 aliphatic rings. The van der Waals surface area contributed by atoms with Crippen molar-refractivity contribution in [2.75, 3.05) is 14.1 Å². The van der Waals surface area contributed by atoms with Crippen molar-refractivity contribution in [3.63, 3.8) is 0 Å². The van der Waals surface area contributed by atoms with E-state index >= 15 is 0 Å². The van der Waals surface area contributed by atoms with E-state index in [0.717, 1.165) is 5.56 Å². The Morgan fingerprint density at radius 3 is 2.61 bits per heavy atom. The largest absolute Gasteiger partial charge is 0.510 e. The molecule has 3 unspecified atom stereocenters. The smallest absolute Gasteiger partial charge is 0.255 e. The lowest BCUT2D eigenvalue weighted by Crippen LogP contribution is -2.55. The number of likely N-dealkylation sites (N-methyl/N-ethyl adjacent to an activating group) is 1. The molecule has 1 saturated carbocycles. The summed E-state index contributed by atoms with van der Waals surface area (Å²) in [5, 5.41) is 29.0. The summed E-state index contributed by atoms with van der Waals surface area (Å²) in [6, 6.07) is 1.04. The highest BCUT2D eigenvalue weighted by atomic mass is 16.3. The molecule has 1 aromatic rings. The molecule has 28 heavy (non-hydrogen) atoms. The van der Waals surface area contributed by atoms with Crippen molar-refractivity contribution in [1.29, 1.82) is 0 Å². The molecule has 0 aliphatic heterocycles. The monoisotopic (exact) mass is 384 g/mol. The average Bonchev–Trinajstić information content (AvgIpc) is 2.60. The van der Waals surface area contributed by atoms with Crippen molar-refractivity contribution in [3.05, 3.63) is 40.4 Å². The number of carbonyl (C=O) groups excluding carboxylic acids is 3. The first kappa shape index (κ1) is 18.3. The zero-order chi connectivity index (χ0) is 20.3. The van der Waals surface area contributed by atoms with Crippen LogP contribution in [0.5, 0.6) is 0 Å². The van der Waals surface area contributed by atoms with Crippen molar-refractivity contribution >= 4 is 23.2 Å². The topological polar surface area (TPSA) is 147 Å². The van der Waals surface area contributed by atoms with Gasteiger partial charge in [0, 0.05) is 11.8 Å². The second-order valence-electron chi connectivity index (χ2n) is 7.71. The normalized spacial score (nSPS) is 29.5. The Morgan fingerprint density at radius 1 is 1.25 bits per heavy atom. The first-order valence-electron chi connectivity index (χ1n) is 8.95. The number of fused-ring (bicyclic) bond motifs is 3. The average molecular weight is 384 g/mol.